The van der Waals surface area contributed by atoms with Gasteiger partial charge in [0.05, 0.1) is 6.04 Å². The maximum absolute atomic E-state index is 12.6. The van der Waals surface area contributed by atoms with Gasteiger partial charge in [-0.05, 0) is 46.3 Å². The summed E-state index contributed by atoms with van der Waals surface area (Å²) in [6, 6.07) is 27.6. The third-order valence-corrected chi connectivity index (χ3v) is 4.64. The van der Waals surface area contributed by atoms with Gasteiger partial charge in [-0.25, -0.2) is 0 Å². The van der Waals surface area contributed by atoms with Crippen LogP contribution in [0.1, 0.15) is 5.56 Å². The normalized spacial score (nSPS) is 12.2. The summed E-state index contributed by atoms with van der Waals surface area (Å²) in [7, 11) is 0. The van der Waals surface area contributed by atoms with E-state index in [-0.39, 0.29) is 5.91 Å². The van der Waals surface area contributed by atoms with Gasteiger partial charge in [0.15, 0.2) is 0 Å². The van der Waals surface area contributed by atoms with Crippen LogP contribution >= 0.6 is 0 Å². The van der Waals surface area contributed by atoms with E-state index in [9.17, 15) is 4.79 Å². The Morgan fingerprint density at radius 3 is 2.23 bits per heavy atom. The van der Waals surface area contributed by atoms with Gasteiger partial charge in [-0.1, -0.05) is 66.7 Å². The molecule has 1 amide bonds. The first kappa shape index (κ1) is 16.3. The SMILES string of the molecule is NC(Cc1ccccc1)C(=O)Nc1cccc2cc3ccccc3cc12. The largest absolute Gasteiger partial charge is 0.324 e. The van der Waals surface area contributed by atoms with Crippen molar-refractivity contribution in [2.24, 2.45) is 5.73 Å². The molecule has 0 fully saturated rings. The van der Waals surface area contributed by atoms with Crippen molar-refractivity contribution in [3.63, 3.8) is 0 Å². The molecule has 4 aromatic rings. The van der Waals surface area contributed by atoms with Crippen LogP contribution in [0.3, 0.4) is 0 Å². The quantitative estimate of drug-likeness (QED) is 0.537. The van der Waals surface area contributed by atoms with Gasteiger partial charge in [-0.15, -0.1) is 0 Å². The monoisotopic (exact) mass is 340 g/mol. The number of carbonyl (C=O) groups is 1. The van der Waals surface area contributed by atoms with Gasteiger partial charge < -0.3 is 11.1 Å². The Morgan fingerprint density at radius 1 is 0.808 bits per heavy atom. The first-order valence-electron chi connectivity index (χ1n) is 8.72. The highest BCUT2D eigenvalue weighted by Gasteiger charge is 2.15. The molecule has 0 aliphatic carbocycles. The predicted molar refractivity (Wildman–Crippen MR) is 108 cm³/mol. The van der Waals surface area contributed by atoms with E-state index in [1.54, 1.807) is 0 Å². The number of benzene rings is 4. The molecule has 26 heavy (non-hydrogen) atoms. The Labute approximate surface area is 152 Å². The molecule has 0 saturated carbocycles. The first-order chi connectivity index (χ1) is 12.7. The van der Waals surface area contributed by atoms with Crippen LogP contribution in [0.25, 0.3) is 21.5 Å². The molecule has 3 N–H and O–H groups in total. The summed E-state index contributed by atoms with van der Waals surface area (Å²) in [5, 5.41) is 7.45. The lowest BCUT2D eigenvalue weighted by atomic mass is 10.0. The van der Waals surface area contributed by atoms with E-state index in [4.69, 9.17) is 5.73 Å². The summed E-state index contributed by atoms with van der Waals surface area (Å²) in [6.07, 6.45) is 0.514. The fraction of sp³-hybridized carbons (Fsp3) is 0.0870. The number of rotatable bonds is 4. The van der Waals surface area contributed by atoms with Crippen molar-refractivity contribution < 1.29 is 4.79 Å². The molecule has 1 unspecified atom stereocenters. The topological polar surface area (TPSA) is 55.1 Å². The molecule has 1 atom stereocenters. The molecule has 0 aliphatic heterocycles. The van der Waals surface area contributed by atoms with Gasteiger partial charge in [-0.2, -0.15) is 0 Å². The fourth-order valence-corrected chi connectivity index (χ4v) is 3.26. The molecular weight excluding hydrogens is 320 g/mol. The Balaban J connectivity index is 1.62. The molecule has 4 rings (SSSR count). The van der Waals surface area contributed by atoms with Gasteiger partial charge in [0, 0.05) is 11.1 Å². The van der Waals surface area contributed by atoms with Gasteiger partial charge in [0.2, 0.25) is 5.91 Å². The molecular formula is C23H20N2O. The van der Waals surface area contributed by atoms with Crippen molar-refractivity contribution in [3.8, 4) is 0 Å². The van der Waals surface area contributed by atoms with Crippen LogP contribution in [0.4, 0.5) is 5.69 Å². The number of carbonyl (C=O) groups excluding carboxylic acids is 1. The molecule has 0 radical (unpaired) electrons. The summed E-state index contributed by atoms with van der Waals surface area (Å²) in [4.78, 5) is 12.6. The van der Waals surface area contributed by atoms with Gasteiger partial charge in [-0.3, -0.25) is 4.79 Å². The highest BCUT2D eigenvalue weighted by atomic mass is 16.2. The lowest BCUT2D eigenvalue weighted by molar-refractivity contribution is -0.117. The standard InChI is InChI=1S/C23H20N2O/c24-21(13-16-7-2-1-3-8-16)23(26)25-22-12-6-11-19-14-17-9-4-5-10-18(17)15-20(19)22/h1-12,14-15,21H,13,24H2,(H,25,26). The van der Waals surface area contributed by atoms with Crippen LogP contribution in [-0.4, -0.2) is 11.9 Å². The minimum atomic E-state index is -0.590. The Bertz CT molecular complexity index is 1070. The van der Waals surface area contributed by atoms with E-state index in [2.05, 4.69) is 35.6 Å². The Morgan fingerprint density at radius 2 is 1.46 bits per heavy atom. The van der Waals surface area contributed by atoms with Crippen molar-refractivity contribution in [1.29, 1.82) is 0 Å². The van der Waals surface area contributed by atoms with E-state index in [0.29, 0.717) is 6.42 Å². The van der Waals surface area contributed by atoms with Gasteiger partial charge in [0.25, 0.3) is 0 Å². The zero-order valence-electron chi connectivity index (χ0n) is 14.4. The number of nitrogens with two attached hydrogens (primary N) is 1. The third-order valence-electron chi connectivity index (χ3n) is 4.64. The first-order valence-corrected chi connectivity index (χ1v) is 8.72. The van der Waals surface area contributed by atoms with E-state index >= 15 is 0 Å². The minimum absolute atomic E-state index is 0.172. The van der Waals surface area contributed by atoms with Crippen molar-refractivity contribution in [3.05, 3.63) is 90.5 Å². The highest BCUT2D eigenvalue weighted by molar-refractivity contribution is 6.08. The Hall–Kier alpha value is -3.17. The summed E-state index contributed by atoms with van der Waals surface area (Å²) in [5.41, 5.74) is 7.97. The third kappa shape index (κ3) is 3.30. The van der Waals surface area contributed by atoms with Gasteiger partial charge >= 0.3 is 0 Å². The molecule has 128 valence electrons. The number of nitrogens with one attached hydrogen (secondary N) is 1. The lowest BCUT2D eigenvalue weighted by Gasteiger charge is -2.14. The molecule has 0 heterocycles. The van der Waals surface area contributed by atoms with Crippen LogP contribution in [-0.2, 0) is 11.2 Å². The summed E-state index contributed by atoms with van der Waals surface area (Å²) in [5.74, 6) is -0.172. The van der Waals surface area contributed by atoms with E-state index in [1.807, 2.05) is 54.6 Å². The fourth-order valence-electron chi connectivity index (χ4n) is 3.26. The number of hydrogen-bond acceptors (Lipinski definition) is 2. The molecule has 0 aliphatic rings. The lowest BCUT2D eigenvalue weighted by Crippen LogP contribution is -2.37. The molecule has 0 bridgehead atoms. The molecule has 0 aromatic heterocycles. The highest BCUT2D eigenvalue weighted by Crippen LogP contribution is 2.28. The zero-order valence-corrected chi connectivity index (χ0v) is 14.4. The average molecular weight is 340 g/mol. The summed E-state index contributed by atoms with van der Waals surface area (Å²) < 4.78 is 0. The van der Waals surface area contributed by atoms with Crippen molar-refractivity contribution in [2.75, 3.05) is 5.32 Å². The van der Waals surface area contributed by atoms with E-state index in [1.165, 1.54) is 5.39 Å². The number of fused-ring (bicyclic) bond motifs is 2. The maximum Gasteiger partial charge on any atom is 0.241 e. The second-order valence-electron chi connectivity index (χ2n) is 6.51. The summed E-state index contributed by atoms with van der Waals surface area (Å²) >= 11 is 0. The second-order valence-corrected chi connectivity index (χ2v) is 6.51. The molecule has 0 spiro atoms. The molecule has 0 saturated heterocycles. The number of hydrogen-bond donors (Lipinski definition) is 2. The van der Waals surface area contributed by atoms with Gasteiger partial charge in [0.1, 0.15) is 0 Å². The van der Waals surface area contributed by atoms with Crippen LogP contribution in [0, 0.1) is 0 Å². The molecule has 3 heteroatoms. The second kappa shape index (κ2) is 6.98. The van der Waals surface area contributed by atoms with Crippen LogP contribution in [0.2, 0.25) is 0 Å². The Kier molecular flexibility index (Phi) is 4.38. The number of amides is 1. The zero-order chi connectivity index (χ0) is 17.9. The minimum Gasteiger partial charge on any atom is -0.324 e. The van der Waals surface area contributed by atoms with Crippen molar-refractivity contribution in [2.45, 2.75) is 12.5 Å². The smallest absolute Gasteiger partial charge is 0.241 e. The van der Waals surface area contributed by atoms with E-state index < -0.39 is 6.04 Å². The van der Waals surface area contributed by atoms with Crippen molar-refractivity contribution in [1.82, 2.24) is 0 Å². The number of anilines is 1. The van der Waals surface area contributed by atoms with Crippen molar-refractivity contribution >= 4 is 33.1 Å². The van der Waals surface area contributed by atoms with Crippen LogP contribution < -0.4 is 11.1 Å². The summed E-state index contributed by atoms with van der Waals surface area (Å²) in [6.45, 7) is 0. The molecule has 4 aromatic carbocycles. The molecule has 3 nitrogen and oxygen atoms in total. The van der Waals surface area contributed by atoms with Crippen LogP contribution in [0.15, 0.2) is 84.9 Å². The van der Waals surface area contributed by atoms with E-state index in [0.717, 1.165) is 27.4 Å². The maximum atomic E-state index is 12.6. The van der Waals surface area contributed by atoms with Crippen LogP contribution in [0.5, 0.6) is 0 Å². The predicted octanol–water partition coefficient (Wildman–Crippen LogP) is 4.50. The average Bonchev–Trinajstić information content (AvgIpc) is 2.67.